The summed E-state index contributed by atoms with van der Waals surface area (Å²) in [4.78, 5) is 4.10. The zero-order valence-electron chi connectivity index (χ0n) is 9.77. The van der Waals surface area contributed by atoms with Crippen LogP contribution in [-0.2, 0) is 6.42 Å². The fraction of sp³-hybridized carbons (Fsp3) is 0.692. The molecule has 1 aromatic rings. The van der Waals surface area contributed by atoms with E-state index in [2.05, 4.69) is 22.4 Å². The Kier molecular flexibility index (Phi) is 4.82. The minimum absolute atomic E-state index is 0.343. The molecule has 1 aromatic heterocycles. The average Bonchev–Trinajstić information content (AvgIpc) is 2.94. The molecule has 0 aromatic carbocycles. The molecule has 1 saturated heterocycles. The molecule has 90 valence electrons. The molecule has 0 amide bonds. The summed E-state index contributed by atoms with van der Waals surface area (Å²) in [5.74, 6) is 0. The number of hydrogen-bond donors (Lipinski definition) is 1. The molecule has 0 spiro atoms. The Labute approximate surface area is 102 Å². The highest BCUT2D eigenvalue weighted by Crippen LogP contribution is 2.22. The molecule has 2 rings (SSSR count). The van der Waals surface area contributed by atoms with E-state index in [1.165, 1.54) is 43.6 Å². The highest BCUT2D eigenvalue weighted by Gasteiger charge is 2.23. The van der Waals surface area contributed by atoms with Crippen LogP contribution in [0.5, 0.6) is 0 Å². The number of likely N-dealkylation sites (tertiary alicyclic amines) is 1. The van der Waals surface area contributed by atoms with Crippen molar-refractivity contribution in [1.82, 2.24) is 4.90 Å². The lowest BCUT2D eigenvalue weighted by molar-refractivity contribution is 0.218. The van der Waals surface area contributed by atoms with Crippen molar-refractivity contribution >= 4 is 11.3 Å². The maximum Gasteiger partial charge on any atom is 0.0431 e. The van der Waals surface area contributed by atoms with Crippen molar-refractivity contribution < 1.29 is 5.11 Å². The number of thiophene rings is 1. The maximum atomic E-state index is 8.88. The third-order valence-electron chi connectivity index (χ3n) is 3.42. The molecule has 2 heterocycles. The van der Waals surface area contributed by atoms with E-state index in [-0.39, 0.29) is 0 Å². The summed E-state index contributed by atoms with van der Waals surface area (Å²) in [5, 5.41) is 11.0. The van der Waals surface area contributed by atoms with Gasteiger partial charge in [-0.15, -0.1) is 11.3 Å². The minimum Gasteiger partial charge on any atom is -0.396 e. The second kappa shape index (κ2) is 6.38. The van der Waals surface area contributed by atoms with Gasteiger partial charge in [-0.3, -0.25) is 0 Å². The maximum absolute atomic E-state index is 8.88. The molecule has 1 unspecified atom stereocenters. The van der Waals surface area contributed by atoms with Crippen LogP contribution in [0.3, 0.4) is 0 Å². The first-order valence-electron chi connectivity index (χ1n) is 6.27. The van der Waals surface area contributed by atoms with Crippen LogP contribution in [-0.4, -0.2) is 35.7 Å². The summed E-state index contributed by atoms with van der Waals surface area (Å²) in [6, 6.07) is 5.09. The van der Waals surface area contributed by atoms with Crippen molar-refractivity contribution in [2.24, 2.45) is 0 Å². The van der Waals surface area contributed by atoms with E-state index in [4.69, 9.17) is 5.11 Å². The second-order valence-corrected chi connectivity index (χ2v) is 5.56. The normalized spacial score (nSPS) is 21.7. The standard InChI is InChI=1S/C13H21NOS/c15-10-2-5-12-4-1-8-14(12)9-7-13-6-3-11-16-13/h3,6,11-12,15H,1-2,4-5,7-10H2. The van der Waals surface area contributed by atoms with E-state index in [1.54, 1.807) is 0 Å². The first-order chi connectivity index (χ1) is 7.90. The summed E-state index contributed by atoms with van der Waals surface area (Å²) in [6.07, 6.45) is 5.97. The molecule has 1 N–H and O–H groups in total. The van der Waals surface area contributed by atoms with E-state index in [0.29, 0.717) is 6.61 Å². The largest absolute Gasteiger partial charge is 0.396 e. The van der Waals surface area contributed by atoms with E-state index in [9.17, 15) is 0 Å². The SMILES string of the molecule is OCCCC1CCCN1CCc1cccs1. The van der Waals surface area contributed by atoms with Gasteiger partial charge in [-0.2, -0.15) is 0 Å². The number of aliphatic hydroxyl groups excluding tert-OH is 1. The lowest BCUT2D eigenvalue weighted by Crippen LogP contribution is -2.31. The Morgan fingerprint density at radius 3 is 3.19 bits per heavy atom. The molecular weight excluding hydrogens is 218 g/mol. The van der Waals surface area contributed by atoms with Crippen LogP contribution in [0.2, 0.25) is 0 Å². The van der Waals surface area contributed by atoms with Gasteiger partial charge in [0, 0.05) is 24.1 Å². The highest BCUT2D eigenvalue weighted by molar-refractivity contribution is 7.09. The highest BCUT2D eigenvalue weighted by atomic mass is 32.1. The number of aliphatic hydroxyl groups is 1. The molecule has 3 heteroatoms. The third kappa shape index (κ3) is 3.30. The molecule has 16 heavy (non-hydrogen) atoms. The summed E-state index contributed by atoms with van der Waals surface area (Å²) < 4.78 is 0. The Morgan fingerprint density at radius 1 is 1.50 bits per heavy atom. The van der Waals surface area contributed by atoms with E-state index in [0.717, 1.165) is 12.5 Å². The number of nitrogens with zero attached hydrogens (tertiary/aromatic N) is 1. The predicted octanol–water partition coefficient (Wildman–Crippen LogP) is 2.53. The van der Waals surface area contributed by atoms with Crippen LogP contribution in [0.15, 0.2) is 17.5 Å². The smallest absolute Gasteiger partial charge is 0.0431 e. The molecule has 1 fully saturated rings. The second-order valence-electron chi connectivity index (χ2n) is 4.53. The van der Waals surface area contributed by atoms with Crippen LogP contribution in [0.1, 0.15) is 30.6 Å². The summed E-state index contributed by atoms with van der Waals surface area (Å²) in [6.45, 7) is 2.79. The molecule has 2 nitrogen and oxygen atoms in total. The van der Waals surface area contributed by atoms with Gasteiger partial charge in [0.2, 0.25) is 0 Å². The van der Waals surface area contributed by atoms with Gasteiger partial charge < -0.3 is 10.0 Å². The zero-order chi connectivity index (χ0) is 11.2. The molecule has 1 atom stereocenters. The average molecular weight is 239 g/mol. The molecule has 1 aliphatic heterocycles. The first kappa shape index (κ1) is 12.1. The van der Waals surface area contributed by atoms with E-state index < -0.39 is 0 Å². The number of rotatable bonds is 6. The summed E-state index contributed by atoms with van der Waals surface area (Å²) in [7, 11) is 0. The topological polar surface area (TPSA) is 23.5 Å². The molecule has 0 bridgehead atoms. The minimum atomic E-state index is 0.343. The predicted molar refractivity (Wildman–Crippen MR) is 68.9 cm³/mol. The zero-order valence-corrected chi connectivity index (χ0v) is 10.6. The van der Waals surface area contributed by atoms with Crippen molar-refractivity contribution in [3.63, 3.8) is 0 Å². The van der Waals surface area contributed by atoms with Gasteiger partial charge in [-0.1, -0.05) is 6.07 Å². The van der Waals surface area contributed by atoms with E-state index >= 15 is 0 Å². The Balaban J connectivity index is 1.75. The Bertz CT molecular complexity index is 286. The molecule has 0 aliphatic carbocycles. The van der Waals surface area contributed by atoms with Crippen LogP contribution in [0, 0.1) is 0 Å². The van der Waals surface area contributed by atoms with Gasteiger partial charge in [0.1, 0.15) is 0 Å². The van der Waals surface area contributed by atoms with E-state index in [1.807, 2.05) is 11.3 Å². The van der Waals surface area contributed by atoms with Crippen molar-refractivity contribution in [3.8, 4) is 0 Å². The van der Waals surface area contributed by atoms with Gasteiger partial charge in [0.05, 0.1) is 0 Å². The lowest BCUT2D eigenvalue weighted by Gasteiger charge is -2.23. The molecular formula is C13H21NOS. The van der Waals surface area contributed by atoms with Gasteiger partial charge in [-0.05, 0) is 50.1 Å². The van der Waals surface area contributed by atoms with Crippen LogP contribution in [0.25, 0.3) is 0 Å². The van der Waals surface area contributed by atoms with Crippen molar-refractivity contribution in [3.05, 3.63) is 22.4 Å². The third-order valence-corrected chi connectivity index (χ3v) is 4.36. The first-order valence-corrected chi connectivity index (χ1v) is 7.15. The van der Waals surface area contributed by atoms with Gasteiger partial charge in [0.15, 0.2) is 0 Å². The number of hydrogen-bond acceptors (Lipinski definition) is 3. The quantitative estimate of drug-likeness (QED) is 0.824. The summed E-state index contributed by atoms with van der Waals surface area (Å²) >= 11 is 1.86. The Morgan fingerprint density at radius 2 is 2.44 bits per heavy atom. The van der Waals surface area contributed by atoms with Crippen molar-refractivity contribution in [2.45, 2.75) is 38.1 Å². The fourth-order valence-corrected chi connectivity index (χ4v) is 3.25. The van der Waals surface area contributed by atoms with Gasteiger partial charge >= 0.3 is 0 Å². The van der Waals surface area contributed by atoms with Gasteiger partial charge in [-0.25, -0.2) is 0 Å². The fourth-order valence-electron chi connectivity index (χ4n) is 2.55. The monoisotopic (exact) mass is 239 g/mol. The molecule has 0 radical (unpaired) electrons. The lowest BCUT2D eigenvalue weighted by atomic mass is 10.1. The summed E-state index contributed by atoms with van der Waals surface area (Å²) in [5.41, 5.74) is 0. The Hall–Kier alpha value is -0.380. The van der Waals surface area contributed by atoms with Crippen LogP contribution < -0.4 is 0 Å². The van der Waals surface area contributed by atoms with Gasteiger partial charge in [0.25, 0.3) is 0 Å². The van der Waals surface area contributed by atoms with Crippen LogP contribution >= 0.6 is 11.3 Å². The van der Waals surface area contributed by atoms with Crippen molar-refractivity contribution in [2.75, 3.05) is 19.7 Å². The van der Waals surface area contributed by atoms with Crippen LogP contribution in [0.4, 0.5) is 0 Å². The molecule has 1 aliphatic rings. The molecule has 0 saturated carbocycles. The van der Waals surface area contributed by atoms with Crippen molar-refractivity contribution in [1.29, 1.82) is 0 Å².